The van der Waals surface area contributed by atoms with Crippen LogP contribution in [0.4, 0.5) is 0 Å². The van der Waals surface area contributed by atoms with Gasteiger partial charge in [-0.2, -0.15) is 0 Å². The van der Waals surface area contributed by atoms with Gasteiger partial charge in [0.1, 0.15) is 0 Å². The fourth-order valence-corrected chi connectivity index (χ4v) is 3.10. The maximum atomic E-state index is 12.7. The van der Waals surface area contributed by atoms with E-state index in [-0.39, 0.29) is 24.5 Å². The van der Waals surface area contributed by atoms with Crippen molar-refractivity contribution in [2.24, 2.45) is 0 Å². The number of aliphatic hydroxyl groups is 1. The van der Waals surface area contributed by atoms with Gasteiger partial charge in [-0.05, 0) is 58.6 Å². The van der Waals surface area contributed by atoms with E-state index in [0.29, 0.717) is 24.0 Å². The molecule has 1 N–H and O–H groups in total. The second-order valence-corrected chi connectivity index (χ2v) is 6.79. The molecule has 1 heterocycles. The number of carbonyl (C=O) groups excluding carboxylic acids is 2. The van der Waals surface area contributed by atoms with Crippen LogP contribution in [-0.2, 0) is 0 Å². The Bertz CT molecular complexity index is 664. The lowest BCUT2D eigenvalue weighted by molar-refractivity contribution is 0.0603. The summed E-state index contributed by atoms with van der Waals surface area (Å²) in [5.41, 5.74) is 3.37. The Morgan fingerprint density at radius 1 is 1.12 bits per heavy atom. The Morgan fingerprint density at radius 3 is 2.24 bits per heavy atom. The molecule has 1 aliphatic heterocycles. The van der Waals surface area contributed by atoms with Crippen LogP contribution < -0.4 is 0 Å². The second kappa shape index (κ2) is 8.77. The summed E-state index contributed by atoms with van der Waals surface area (Å²) < 4.78 is 0. The number of benzene rings is 1. The zero-order valence-corrected chi connectivity index (χ0v) is 15.3. The number of hydrogen-bond donors (Lipinski definition) is 1. The molecule has 4 heteroatoms. The molecule has 134 valence electrons. The normalized spacial score (nSPS) is 15.4. The van der Waals surface area contributed by atoms with Crippen LogP contribution in [0, 0.1) is 0 Å². The fourth-order valence-electron chi connectivity index (χ4n) is 3.10. The first kappa shape index (κ1) is 19.1. The largest absolute Gasteiger partial charge is 0.396 e. The zero-order valence-electron chi connectivity index (χ0n) is 15.3. The van der Waals surface area contributed by atoms with Gasteiger partial charge in [-0.15, -0.1) is 0 Å². The van der Waals surface area contributed by atoms with Gasteiger partial charge in [0.2, 0.25) is 0 Å². The van der Waals surface area contributed by atoms with Crippen molar-refractivity contribution in [2.45, 2.75) is 52.5 Å². The first-order valence-electron chi connectivity index (χ1n) is 8.84. The van der Waals surface area contributed by atoms with E-state index in [1.807, 2.05) is 13.0 Å². The molecule has 0 spiro atoms. The third kappa shape index (κ3) is 4.67. The summed E-state index contributed by atoms with van der Waals surface area (Å²) in [6, 6.07) is 6.63. The standard InChI is InChI=1S/C21H27NO3/c1-15(2)8-6-9-16(3)14-17(10-7-13-23)22-20(24)18-11-4-5-12-19(18)21(22)25/h4-5,8,11-12,14,17,23H,6-7,9-10,13H2,1-3H3/b16-14+. The predicted octanol–water partition coefficient (Wildman–Crippen LogP) is 4.12. The van der Waals surface area contributed by atoms with Crippen molar-refractivity contribution >= 4 is 11.8 Å². The summed E-state index contributed by atoms with van der Waals surface area (Å²) in [5.74, 6) is -0.478. The SMILES string of the molecule is CC(C)=CCC/C(C)=C/C(CCCO)N1C(=O)c2ccccc2C1=O. The number of carbonyl (C=O) groups is 2. The average Bonchev–Trinajstić information content (AvgIpc) is 2.83. The van der Waals surface area contributed by atoms with Crippen LogP contribution in [0.3, 0.4) is 0 Å². The number of imide groups is 1. The van der Waals surface area contributed by atoms with Gasteiger partial charge in [-0.1, -0.05) is 35.4 Å². The Morgan fingerprint density at radius 2 is 1.72 bits per heavy atom. The third-order valence-electron chi connectivity index (χ3n) is 4.38. The molecular formula is C21H27NO3. The van der Waals surface area contributed by atoms with Gasteiger partial charge in [-0.3, -0.25) is 14.5 Å². The third-order valence-corrected chi connectivity index (χ3v) is 4.38. The molecule has 2 rings (SSSR count). The van der Waals surface area contributed by atoms with E-state index in [4.69, 9.17) is 0 Å². The number of fused-ring (bicyclic) bond motifs is 1. The molecule has 0 bridgehead atoms. The zero-order chi connectivity index (χ0) is 18.4. The van der Waals surface area contributed by atoms with Gasteiger partial charge >= 0.3 is 0 Å². The molecule has 1 atom stereocenters. The van der Waals surface area contributed by atoms with Crippen LogP contribution >= 0.6 is 0 Å². The van der Waals surface area contributed by atoms with E-state index in [2.05, 4.69) is 19.9 Å². The molecule has 0 saturated heterocycles. The summed E-state index contributed by atoms with van der Waals surface area (Å²) in [4.78, 5) is 26.8. The number of rotatable bonds is 8. The number of amides is 2. The molecule has 1 aliphatic rings. The highest BCUT2D eigenvalue weighted by atomic mass is 16.3. The van der Waals surface area contributed by atoms with Crippen molar-refractivity contribution in [3.05, 3.63) is 58.7 Å². The Labute approximate surface area is 149 Å². The van der Waals surface area contributed by atoms with Crippen molar-refractivity contribution in [3.63, 3.8) is 0 Å². The molecule has 25 heavy (non-hydrogen) atoms. The lowest BCUT2D eigenvalue weighted by Gasteiger charge is -2.24. The predicted molar refractivity (Wildman–Crippen MR) is 99.5 cm³/mol. The summed E-state index contributed by atoms with van der Waals surface area (Å²) in [7, 11) is 0. The lowest BCUT2D eigenvalue weighted by Crippen LogP contribution is -2.39. The molecule has 1 aromatic carbocycles. The quantitative estimate of drug-likeness (QED) is 0.572. The molecule has 1 aromatic rings. The maximum absolute atomic E-state index is 12.7. The minimum atomic E-state index is -0.314. The van der Waals surface area contributed by atoms with Gasteiger partial charge in [0, 0.05) is 6.61 Å². The van der Waals surface area contributed by atoms with Gasteiger partial charge < -0.3 is 5.11 Å². The molecular weight excluding hydrogens is 314 g/mol. The van der Waals surface area contributed by atoms with E-state index in [9.17, 15) is 14.7 Å². The molecule has 0 saturated carbocycles. The number of aliphatic hydroxyl groups excluding tert-OH is 1. The molecule has 0 fully saturated rings. The van der Waals surface area contributed by atoms with E-state index in [1.165, 1.54) is 10.5 Å². The fraction of sp³-hybridized carbons (Fsp3) is 0.429. The molecule has 4 nitrogen and oxygen atoms in total. The molecule has 0 aliphatic carbocycles. The van der Waals surface area contributed by atoms with Crippen LogP contribution in [0.15, 0.2) is 47.6 Å². The van der Waals surface area contributed by atoms with Crippen molar-refractivity contribution < 1.29 is 14.7 Å². The first-order chi connectivity index (χ1) is 12.0. The van der Waals surface area contributed by atoms with Crippen molar-refractivity contribution in [3.8, 4) is 0 Å². The van der Waals surface area contributed by atoms with Gasteiger partial charge in [-0.25, -0.2) is 0 Å². The van der Waals surface area contributed by atoms with Crippen LogP contribution in [0.5, 0.6) is 0 Å². The van der Waals surface area contributed by atoms with Gasteiger partial charge in [0.05, 0.1) is 17.2 Å². The summed E-state index contributed by atoms with van der Waals surface area (Å²) >= 11 is 0. The van der Waals surface area contributed by atoms with Crippen LogP contribution in [0.2, 0.25) is 0 Å². The van der Waals surface area contributed by atoms with Crippen LogP contribution in [0.1, 0.15) is 67.2 Å². The van der Waals surface area contributed by atoms with E-state index in [0.717, 1.165) is 18.4 Å². The minimum absolute atomic E-state index is 0.0460. The first-order valence-corrected chi connectivity index (χ1v) is 8.84. The maximum Gasteiger partial charge on any atom is 0.262 e. The minimum Gasteiger partial charge on any atom is -0.396 e. The van der Waals surface area contributed by atoms with Gasteiger partial charge in [0.15, 0.2) is 0 Å². The monoisotopic (exact) mass is 341 g/mol. The Kier molecular flexibility index (Phi) is 6.71. The average molecular weight is 341 g/mol. The van der Waals surface area contributed by atoms with Crippen molar-refractivity contribution in [1.29, 1.82) is 0 Å². The van der Waals surface area contributed by atoms with Crippen molar-refractivity contribution in [2.75, 3.05) is 6.61 Å². The van der Waals surface area contributed by atoms with E-state index < -0.39 is 0 Å². The van der Waals surface area contributed by atoms with Crippen molar-refractivity contribution in [1.82, 2.24) is 4.90 Å². The highest BCUT2D eigenvalue weighted by Crippen LogP contribution is 2.27. The smallest absolute Gasteiger partial charge is 0.262 e. The molecule has 0 aromatic heterocycles. The van der Waals surface area contributed by atoms with E-state index in [1.54, 1.807) is 24.3 Å². The number of allylic oxidation sites excluding steroid dienone is 3. The number of nitrogens with zero attached hydrogens (tertiary/aromatic N) is 1. The second-order valence-electron chi connectivity index (χ2n) is 6.79. The highest BCUT2D eigenvalue weighted by molar-refractivity contribution is 6.21. The lowest BCUT2D eigenvalue weighted by atomic mass is 10.0. The summed E-state index contributed by atoms with van der Waals surface area (Å²) in [6.45, 7) is 6.22. The summed E-state index contributed by atoms with van der Waals surface area (Å²) in [6.07, 6.45) is 7.15. The highest BCUT2D eigenvalue weighted by Gasteiger charge is 2.38. The topological polar surface area (TPSA) is 57.6 Å². The molecule has 2 amide bonds. The van der Waals surface area contributed by atoms with Gasteiger partial charge in [0.25, 0.3) is 11.8 Å². The van der Waals surface area contributed by atoms with Crippen LogP contribution in [-0.4, -0.2) is 34.5 Å². The van der Waals surface area contributed by atoms with E-state index >= 15 is 0 Å². The Hall–Kier alpha value is -2.20. The molecule has 0 radical (unpaired) electrons. The van der Waals surface area contributed by atoms with Crippen LogP contribution in [0.25, 0.3) is 0 Å². The Balaban J connectivity index is 2.22. The molecule has 1 unspecified atom stereocenters. The number of hydrogen-bond acceptors (Lipinski definition) is 3. The summed E-state index contributed by atoms with van der Waals surface area (Å²) in [5, 5.41) is 9.18.